The van der Waals surface area contributed by atoms with Crippen LogP contribution >= 0.6 is 11.6 Å². The molecule has 0 radical (unpaired) electrons. The van der Waals surface area contributed by atoms with Crippen molar-refractivity contribution in [3.05, 3.63) is 52.8 Å². The number of carboxylic acids is 1. The number of amides is 1. The van der Waals surface area contributed by atoms with E-state index < -0.39 is 5.97 Å². The Morgan fingerprint density at radius 1 is 1.35 bits per heavy atom. The predicted molar refractivity (Wildman–Crippen MR) is 76.5 cm³/mol. The monoisotopic (exact) mass is 292 g/mol. The van der Waals surface area contributed by atoms with Crippen LogP contribution in [0, 0.1) is 0 Å². The third-order valence-corrected chi connectivity index (χ3v) is 3.01. The molecule has 0 aliphatic rings. The minimum absolute atomic E-state index is 0.117. The summed E-state index contributed by atoms with van der Waals surface area (Å²) >= 11 is 5.88. The molecule has 1 amide bonds. The minimum Gasteiger partial charge on any atom is -0.478 e. The van der Waals surface area contributed by atoms with Gasteiger partial charge in [-0.1, -0.05) is 17.7 Å². The molecule has 0 saturated carbocycles. The first-order valence-corrected chi connectivity index (χ1v) is 6.39. The molecule has 0 unspecified atom stereocenters. The van der Waals surface area contributed by atoms with Gasteiger partial charge in [0.05, 0.1) is 10.6 Å². The molecule has 20 heavy (non-hydrogen) atoms. The normalized spacial score (nSPS) is 10.3. The van der Waals surface area contributed by atoms with E-state index in [9.17, 15) is 9.59 Å². The van der Waals surface area contributed by atoms with Gasteiger partial charge in [0.2, 0.25) is 0 Å². The lowest BCUT2D eigenvalue weighted by Gasteiger charge is -2.08. The van der Waals surface area contributed by atoms with Gasteiger partial charge in [0.15, 0.2) is 0 Å². The van der Waals surface area contributed by atoms with Crippen molar-refractivity contribution in [1.29, 1.82) is 0 Å². The number of halogens is 1. The first-order chi connectivity index (χ1) is 9.51. The predicted octanol–water partition coefficient (Wildman–Crippen LogP) is 3.11. The maximum atomic E-state index is 12.2. The van der Waals surface area contributed by atoms with Crippen molar-refractivity contribution in [2.24, 2.45) is 0 Å². The summed E-state index contributed by atoms with van der Waals surface area (Å²) in [7, 11) is 0. The molecule has 1 heterocycles. The molecular weight excluding hydrogens is 280 g/mol. The van der Waals surface area contributed by atoms with E-state index in [0.29, 0.717) is 22.9 Å². The highest BCUT2D eigenvalue weighted by atomic mass is 35.5. The van der Waals surface area contributed by atoms with Gasteiger partial charge in [-0.2, -0.15) is 0 Å². The fourth-order valence-corrected chi connectivity index (χ4v) is 2.07. The highest BCUT2D eigenvalue weighted by molar-refractivity contribution is 6.31. The lowest BCUT2D eigenvalue weighted by molar-refractivity contribution is 0.0696. The largest absolute Gasteiger partial charge is 0.478 e. The van der Waals surface area contributed by atoms with E-state index in [2.05, 4.69) is 5.32 Å². The Balaban J connectivity index is 2.23. The number of benzene rings is 1. The first kappa shape index (κ1) is 14.1. The average Bonchev–Trinajstić information content (AvgIpc) is 2.80. The van der Waals surface area contributed by atoms with Gasteiger partial charge in [-0.3, -0.25) is 4.79 Å². The second-order valence-corrected chi connectivity index (χ2v) is 4.61. The van der Waals surface area contributed by atoms with Crippen LogP contribution in [0.5, 0.6) is 0 Å². The SMILES string of the molecule is CCn1cc(Cl)cc1C(=O)Nc1cccc(C(=O)O)c1. The number of carbonyl (C=O) groups excluding carboxylic acids is 1. The van der Waals surface area contributed by atoms with Crippen LogP contribution in [0.15, 0.2) is 36.5 Å². The first-order valence-electron chi connectivity index (χ1n) is 6.01. The summed E-state index contributed by atoms with van der Waals surface area (Å²) in [6.07, 6.45) is 1.67. The molecule has 0 saturated heterocycles. The molecule has 0 aliphatic heterocycles. The molecule has 2 N–H and O–H groups in total. The minimum atomic E-state index is -1.04. The Kier molecular flexibility index (Phi) is 4.10. The van der Waals surface area contributed by atoms with Crippen LogP contribution in [-0.2, 0) is 6.54 Å². The van der Waals surface area contributed by atoms with Crippen molar-refractivity contribution in [2.75, 3.05) is 5.32 Å². The van der Waals surface area contributed by atoms with Crippen LogP contribution in [0.2, 0.25) is 5.02 Å². The van der Waals surface area contributed by atoms with Gasteiger partial charge in [0.25, 0.3) is 5.91 Å². The highest BCUT2D eigenvalue weighted by Gasteiger charge is 2.13. The second-order valence-electron chi connectivity index (χ2n) is 4.17. The number of hydrogen-bond donors (Lipinski definition) is 2. The number of nitrogens with one attached hydrogen (secondary N) is 1. The van der Waals surface area contributed by atoms with E-state index in [1.54, 1.807) is 29.0 Å². The van der Waals surface area contributed by atoms with Crippen LogP contribution in [0.4, 0.5) is 5.69 Å². The molecule has 2 rings (SSSR count). The number of hydrogen-bond acceptors (Lipinski definition) is 2. The molecule has 2 aromatic rings. The molecule has 104 valence electrons. The highest BCUT2D eigenvalue weighted by Crippen LogP contribution is 2.17. The summed E-state index contributed by atoms with van der Waals surface area (Å²) in [6.45, 7) is 2.52. The fourth-order valence-electron chi connectivity index (χ4n) is 1.85. The van der Waals surface area contributed by atoms with Crippen molar-refractivity contribution in [3.8, 4) is 0 Å². The Labute approximate surface area is 120 Å². The zero-order valence-electron chi connectivity index (χ0n) is 10.8. The van der Waals surface area contributed by atoms with Crippen molar-refractivity contribution in [3.63, 3.8) is 0 Å². The molecule has 1 aromatic heterocycles. The zero-order chi connectivity index (χ0) is 14.7. The molecule has 0 bridgehead atoms. The fraction of sp³-hybridized carbons (Fsp3) is 0.143. The maximum Gasteiger partial charge on any atom is 0.335 e. The van der Waals surface area contributed by atoms with Gasteiger partial charge in [-0.15, -0.1) is 0 Å². The number of carbonyl (C=O) groups is 2. The van der Waals surface area contributed by atoms with Gasteiger partial charge in [-0.25, -0.2) is 4.79 Å². The maximum absolute atomic E-state index is 12.2. The summed E-state index contributed by atoms with van der Waals surface area (Å²) in [6, 6.07) is 7.64. The lowest BCUT2D eigenvalue weighted by atomic mass is 10.2. The molecule has 0 fully saturated rings. The average molecular weight is 293 g/mol. The van der Waals surface area contributed by atoms with Crippen molar-refractivity contribution >= 4 is 29.2 Å². The number of rotatable bonds is 4. The van der Waals surface area contributed by atoms with Gasteiger partial charge in [0.1, 0.15) is 5.69 Å². The third-order valence-electron chi connectivity index (χ3n) is 2.80. The Bertz CT molecular complexity index is 664. The van der Waals surface area contributed by atoms with E-state index in [0.717, 1.165) is 0 Å². The number of aromatic nitrogens is 1. The Hall–Kier alpha value is -2.27. The van der Waals surface area contributed by atoms with Crippen LogP contribution in [-0.4, -0.2) is 21.6 Å². The van der Waals surface area contributed by atoms with Crippen LogP contribution < -0.4 is 5.32 Å². The molecule has 1 aromatic carbocycles. The standard InChI is InChI=1S/C14H13ClN2O3/c1-2-17-8-10(15)7-12(17)13(18)16-11-5-3-4-9(6-11)14(19)20/h3-8H,2H2,1H3,(H,16,18)(H,19,20). The summed E-state index contributed by atoms with van der Waals surface area (Å²) in [4.78, 5) is 23.0. The Morgan fingerprint density at radius 2 is 2.10 bits per heavy atom. The van der Waals surface area contributed by atoms with Crippen LogP contribution in [0.25, 0.3) is 0 Å². The van der Waals surface area contributed by atoms with Gasteiger partial charge >= 0.3 is 5.97 Å². The Morgan fingerprint density at radius 3 is 2.75 bits per heavy atom. The van der Waals surface area contributed by atoms with Crippen molar-refractivity contribution < 1.29 is 14.7 Å². The molecule has 0 atom stereocenters. The number of carboxylic acid groups (broad SMARTS) is 1. The second kappa shape index (κ2) is 5.79. The lowest BCUT2D eigenvalue weighted by Crippen LogP contribution is -2.16. The van der Waals surface area contributed by atoms with Crippen molar-refractivity contribution in [2.45, 2.75) is 13.5 Å². The molecule has 0 aliphatic carbocycles. The van der Waals surface area contributed by atoms with E-state index in [4.69, 9.17) is 16.7 Å². The number of nitrogens with zero attached hydrogens (tertiary/aromatic N) is 1. The van der Waals surface area contributed by atoms with Gasteiger partial charge < -0.3 is 15.0 Å². The van der Waals surface area contributed by atoms with Crippen molar-refractivity contribution in [1.82, 2.24) is 4.57 Å². The zero-order valence-corrected chi connectivity index (χ0v) is 11.5. The molecule has 6 heteroatoms. The quantitative estimate of drug-likeness (QED) is 0.909. The van der Waals surface area contributed by atoms with Gasteiger partial charge in [0, 0.05) is 18.4 Å². The summed E-state index contributed by atoms with van der Waals surface area (Å²) in [5.41, 5.74) is 0.972. The number of anilines is 1. The van der Waals surface area contributed by atoms with E-state index >= 15 is 0 Å². The summed E-state index contributed by atoms with van der Waals surface area (Å²) in [5, 5.41) is 12.1. The molecular formula is C14H13ClN2O3. The summed E-state index contributed by atoms with van der Waals surface area (Å²) in [5.74, 6) is -1.37. The number of aryl methyl sites for hydroxylation is 1. The summed E-state index contributed by atoms with van der Waals surface area (Å²) < 4.78 is 1.72. The van der Waals surface area contributed by atoms with Gasteiger partial charge in [-0.05, 0) is 31.2 Å². The smallest absolute Gasteiger partial charge is 0.335 e. The topological polar surface area (TPSA) is 71.3 Å². The van der Waals surface area contributed by atoms with Crippen LogP contribution in [0.1, 0.15) is 27.8 Å². The third kappa shape index (κ3) is 3.00. The molecule has 5 nitrogen and oxygen atoms in total. The molecule has 0 spiro atoms. The van der Waals surface area contributed by atoms with E-state index in [1.807, 2.05) is 6.92 Å². The van der Waals surface area contributed by atoms with Crippen LogP contribution in [0.3, 0.4) is 0 Å². The van der Waals surface area contributed by atoms with E-state index in [-0.39, 0.29) is 11.5 Å². The van der Waals surface area contributed by atoms with E-state index in [1.165, 1.54) is 12.1 Å². The number of aromatic carboxylic acids is 1.